The van der Waals surface area contributed by atoms with Gasteiger partial charge in [0.1, 0.15) is 11.4 Å². The molecule has 5 rings (SSSR count). The maximum atomic E-state index is 6.13. The molecular formula is C23H27N7O2. The minimum absolute atomic E-state index is 0.505. The zero-order chi connectivity index (χ0) is 22.5. The van der Waals surface area contributed by atoms with Crippen LogP contribution in [0.5, 0.6) is 5.75 Å². The Bertz CT molecular complexity index is 1190. The number of methoxy groups -OCH3 is 1. The van der Waals surface area contributed by atoms with E-state index < -0.39 is 5.72 Å². The van der Waals surface area contributed by atoms with E-state index in [2.05, 4.69) is 26.8 Å². The van der Waals surface area contributed by atoms with Gasteiger partial charge in [-0.05, 0) is 32.4 Å². The van der Waals surface area contributed by atoms with E-state index in [0.29, 0.717) is 12.6 Å². The molecule has 9 heteroatoms. The molecule has 0 aliphatic carbocycles. The maximum absolute atomic E-state index is 6.13. The van der Waals surface area contributed by atoms with Gasteiger partial charge in [0.2, 0.25) is 5.95 Å². The Hall–Kier alpha value is -3.59. The monoisotopic (exact) mass is 433 g/mol. The van der Waals surface area contributed by atoms with Crippen molar-refractivity contribution in [3.8, 4) is 11.4 Å². The minimum atomic E-state index is -0.612. The molecule has 1 atom stereocenters. The van der Waals surface area contributed by atoms with Gasteiger partial charge < -0.3 is 29.2 Å². The molecule has 166 valence electrons. The Morgan fingerprint density at radius 1 is 1.25 bits per heavy atom. The van der Waals surface area contributed by atoms with Crippen LogP contribution in [0.25, 0.3) is 5.69 Å². The summed E-state index contributed by atoms with van der Waals surface area (Å²) >= 11 is 0. The van der Waals surface area contributed by atoms with Crippen molar-refractivity contribution in [3.05, 3.63) is 54.9 Å². The molecule has 32 heavy (non-hydrogen) atoms. The third-order valence-electron chi connectivity index (χ3n) is 6.16. The summed E-state index contributed by atoms with van der Waals surface area (Å²) in [6, 6.07) is 5.88. The molecule has 0 saturated carbocycles. The molecule has 0 amide bonds. The number of anilines is 4. The number of ether oxygens (including phenoxy) is 2. The van der Waals surface area contributed by atoms with Crippen molar-refractivity contribution in [2.24, 2.45) is 0 Å². The predicted molar refractivity (Wildman–Crippen MR) is 124 cm³/mol. The van der Waals surface area contributed by atoms with Gasteiger partial charge in [-0.1, -0.05) is 6.58 Å². The summed E-state index contributed by atoms with van der Waals surface area (Å²) in [6.45, 7) is 9.81. The van der Waals surface area contributed by atoms with E-state index in [9.17, 15) is 0 Å². The van der Waals surface area contributed by atoms with Gasteiger partial charge in [-0.25, -0.2) is 9.97 Å². The van der Waals surface area contributed by atoms with Crippen LogP contribution in [0.15, 0.2) is 49.2 Å². The summed E-state index contributed by atoms with van der Waals surface area (Å²) in [4.78, 5) is 17.9. The fourth-order valence-corrected chi connectivity index (χ4v) is 4.30. The number of hydrogen-bond acceptors (Lipinski definition) is 8. The molecule has 1 unspecified atom stereocenters. The lowest BCUT2D eigenvalue weighted by Crippen LogP contribution is -2.60. The van der Waals surface area contributed by atoms with Crippen LogP contribution in [0, 0.1) is 6.92 Å². The van der Waals surface area contributed by atoms with Crippen LogP contribution in [0.4, 0.5) is 23.1 Å². The predicted octanol–water partition coefficient (Wildman–Crippen LogP) is 3.63. The van der Waals surface area contributed by atoms with Crippen LogP contribution in [-0.2, 0) is 4.74 Å². The normalized spacial score (nSPS) is 20.1. The molecule has 4 heterocycles. The number of aryl methyl sites for hydroxylation is 1. The fourth-order valence-electron chi connectivity index (χ4n) is 4.30. The van der Waals surface area contributed by atoms with E-state index in [1.165, 1.54) is 0 Å². The second-order valence-electron chi connectivity index (χ2n) is 8.18. The Labute approximate surface area is 187 Å². The van der Waals surface area contributed by atoms with Crippen molar-refractivity contribution in [2.75, 3.05) is 42.4 Å². The number of likely N-dealkylation sites (N-methyl/N-ethyl adjacent to an activating group) is 1. The third kappa shape index (κ3) is 3.16. The van der Waals surface area contributed by atoms with E-state index >= 15 is 0 Å². The maximum Gasteiger partial charge on any atom is 0.229 e. The number of rotatable bonds is 4. The molecule has 3 aromatic rings. The summed E-state index contributed by atoms with van der Waals surface area (Å²) in [5.74, 6) is 2.06. The van der Waals surface area contributed by atoms with E-state index in [1.54, 1.807) is 13.4 Å². The van der Waals surface area contributed by atoms with Gasteiger partial charge in [0.25, 0.3) is 0 Å². The second-order valence-corrected chi connectivity index (χ2v) is 8.18. The van der Waals surface area contributed by atoms with E-state index in [0.717, 1.165) is 53.0 Å². The SMILES string of the molecule is C=C1N(C)c2cnc(Nc3ccc(-n4cnc(C)c4)c(OC)c3)nc2N2CCCOC12C. The molecule has 9 nitrogen and oxygen atoms in total. The summed E-state index contributed by atoms with van der Waals surface area (Å²) in [7, 11) is 3.63. The Kier molecular flexibility index (Phi) is 4.78. The van der Waals surface area contributed by atoms with Crippen molar-refractivity contribution >= 4 is 23.1 Å². The average molecular weight is 434 g/mol. The lowest BCUT2D eigenvalue weighted by molar-refractivity contribution is -0.0320. The number of nitrogens with zero attached hydrogens (tertiary/aromatic N) is 6. The van der Waals surface area contributed by atoms with Gasteiger partial charge in [-0.15, -0.1) is 0 Å². The van der Waals surface area contributed by atoms with Crippen molar-refractivity contribution in [1.29, 1.82) is 0 Å². The van der Waals surface area contributed by atoms with E-state index in [4.69, 9.17) is 14.5 Å². The molecule has 0 radical (unpaired) electrons. The molecule has 0 bridgehead atoms. The average Bonchev–Trinajstić information content (AvgIpc) is 3.23. The topological polar surface area (TPSA) is 80.6 Å². The molecule has 2 aliphatic rings. The quantitative estimate of drug-likeness (QED) is 0.668. The highest BCUT2D eigenvalue weighted by molar-refractivity contribution is 5.76. The number of benzene rings is 1. The van der Waals surface area contributed by atoms with Gasteiger partial charge in [-0.2, -0.15) is 4.98 Å². The van der Waals surface area contributed by atoms with Gasteiger partial charge in [0.15, 0.2) is 11.5 Å². The van der Waals surface area contributed by atoms with E-state index in [1.807, 2.05) is 61.0 Å². The lowest BCUT2D eigenvalue weighted by atomic mass is 10.0. The van der Waals surface area contributed by atoms with Gasteiger partial charge in [0.05, 0.1) is 43.3 Å². The van der Waals surface area contributed by atoms with E-state index in [-0.39, 0.29) is 0 Å². The second kappa shape index (κ2) is 7.52. The number of nitrogens with one attached hydrogen (secondary N) is 1. The molecule has 1 N–H and O–H groups in total. The first kappa shape index (κ1) is 20.3. The van der Waals surface area contributed by atoms with Crippen LogP contribution in [0.2, 0.25) is 0 Å². The highest BCUT2D eigenvalue weighted by Crippen LogP contribution is 2.45. The zero-order valence-corrected chi connectivity index (χ0v) is 18.8. The number of aromatic nitrogens is 4. The van der Waals surface area contributed by atoms with Gasteiger partial charge in [0, 0.05) is 31.5 Å². The molecule has 0 spiro atoms. The molecule has 1 aromatic carbocycles. The zero-order valence-electron chi connectivity index (χ0n) is 18.8. The van der Waals surface area contributed by atoms with Crippen LogP contribution in [0.3, 0.4) is 0 Å². The van der Waals surface area contributed by atoms with Crippen LogP contribution < -0.4 is 19.9 Å². The van der Waals surface area contributed by atoms with Crippen molar-refractivity contribution in [1.82, 2.24) is 19.5 Å². The van der Waals surface area contributed by atoms with Crippen LogP contribution >= 0.6 is 0 Å². The van der Waals surface area contributed by atoms with Gasteiger partial charge in [-0.3, -0.25) is 0 Å². The number of hydrogen-bond donors (Lipinski definition) is 1. The molecule has 2 aromatic heterocycles. The number of fused-ring (bicyclic) bond motifs is 3. The Morgan fingerprint density at radius 2 is 2.09 bits per heavy atom. The Balaban J connectivity index is 1.47. The highest BCUT2D eigenvalue weighted by atomic mass is 16.5. The summed E-state index contributed by atoms with van der Waals surface area (Å²) < 4.78 is 13.7. The number of imidazole rings is 1. The summed E-state index contributed by atoms with van der Waals surface area (Å²) in [5.41, 5.74) is 3.86. The molecule has 1 fully saturated rings. The largest absolute Gasteiger partial charge is 0.494 e. The molecule has 1 saturated heterocycles. The van der Waals surface area contributed by atoms with Crippen LogP contribution in [-0.4, -0.2) is 52.6 Å². The fraction of sp³-hybridized carbons (Fsp3) is 0.348. The first-order valence-corrected chi connectivity index (χ1v) is 10.6. The first-order valence-electron chi connectivity index (χ1n) is 10.6. The standard InChI is InChI=1S/C23H27N7O2/c1-15-13-29(14-25-15)18-8-7-17(11-20(18)31-5)26-22-24-12-19-21(27-22)30-9-6-10-32-23(30,3)16(2)28(19)4/h7-8,11-14H,2,6,9-10H2,1,3-5H3,(H,24,26,27). The van der Waals surface area contributed by atoms with Crippen LogP contribution in [0.1, 0.15) is 19.0 Å². The van der Waals surface area contributed by atoms with Crippen molar-refractivity contribution < 1.29 is 9.47 Å². The molecular weight excluding hydrogens is 406 g/mol. The summed E-state index contributed by atoms with van der Waals surface area (Å²) in [6.07, 6.45) is 6.49. The summed E-state index contributed by atoms with van der Waals surface area (Å²) in [5, 5.41) is 3.31. The Morgan fingerprint density at radius 3 is 2.84 bits per heavy atom. The first-order chi connectivity index (χ1) is 15.4. The lowest BCUT2D eigenvalue weighted by Gasteiger charge is -2.52. The smallest absolute Gasteiger partial charge is 0.229 e. The van der Waals surface area contributed by atoms with Crippen molar-refractivity contribution in [2.45, 2.75) is 26.0 Å². The highest BCUT2D eigenvalue weighted by Gasteiger charge is 2.46. The minimum Gasteiger partial charge on any atom is -0.494 e. The molecule has 2 aliphatic heterocycles. The van der Waals surface area contributed by atoms with Gasteiger partial charge >= 0.3 is 0 Å². The van der Waals surface area contributed by atoms with Crippen molar-refractivity contribution in [3.63, 3.8) is 0 Å². The third-order valence-corrected chi connectivity index (χ3v) is 6.16.